The first-order chi connectivity index (χ1) is 12.1. The molecule has 0 spiro atoms. The van der Waals surface area contributed by atoms with Gasteiger partial charge in [0.2, 0.25) is 11.0 Å². The third-order valence-corrected chi connectivity index (χ3v) is 5.50. The molecule has 1 aromatic heterocycles. The molecule has 0 aliphatic carbocycles. The predicted molar refractivity (Wildman–Crippen MR) is 99.7 cm³/mol. The van der Waals surface area contributed by atoms with E-state index in [0.717, 1.165) is 21.2 Å². The number of carbonyl (C=O) groups excluding carboxylic acids is 1. The second-order valence-electron chi connectivity index (χ2n) is 5.14. The fraction of sp³-hybridized carbons (Fsp3) is 0.118. The molecule has 0 unspecified atom stereocenters. The van der Waals surface area contributed by atoms with Crippen LogP contribution in [0.2, 0.25) is 5.02 Å². The normalized spacial score (nSPS) is 10.6. The topological polar surface area (TPSA) is 54.9 Å². The van der Waals surface area contributed by atoms with Gasteiger partial charge in [0.1, 0.15) is 5.82 Å². The van der Waals surface area contributed by atoms with Crippen LogP contribution in [0.5, 0.6) is 0 Å². The molecule has 4 nitrogen and oxygen atoms in total. The van der Waals surface area contributed by atoms with Crippen LogP contribution < -0.4 is 5.32 Å². The number of hydrogen-bond acceptors (Lipinski definition) is 5. The summed E-state index contributed by atoms with van der Waals surface area (Å²) in [7, 11) is 0. The fourth-order valence-electron chi connectivity index (χ4n) is 2.00. The standard InChI is InChI=1S/C17H13ClFN3OS2/c18-13-5-1-12(2-6-13)10-24-17-22-21-16(25-17)20-15(23)9-11-3-7-14(19)8-4-11/h1-8H,9-10H2,(H,20,21,23). The molecule has 25 heavy (non-hydrogen) atoms. The molecule has 0 fully saturated rings. The van der Waals surface area contributed by atoms with Gasteiger partial charge in [0, 0.05) is 10.8 Å². The summed E-state index contributed by atoms with van der Waals surface area (Å²) < 4.78 is 13.6. The van der Waals surface area contributed by atoms with E-state index in [4.69, 9.17) is 11.6 Å². The van der Waals surface area contributed by atoms with Crippen molar-refractivity contribution in [2.45, 2.75) is 16.5 Å². The van der Waals surface area contributed by atoms with Gasteiger partial charge in [-0.15, -0.1) is 10.2 Å². The van der Waals surface area contributed by atoms with E-state index in [9.17, 15) is 9.18 Å². The van der Waals surface area contributed by atoms with Crippen LogP contribution in [-0.2, 0) is 17.0 Å². The molecule has 0 bridgehead atoms. The molecule has 0 saturated carbocycles. The Morgan fingerprint density at radius 3 is 2.48 bits per heavy atom. The van der Waals surface area contributed by atoms with Crippen molar-refractivity contribution >= 4 is 45.7 Å². The molecule has 8 heteroatoms. The minimum absolute atomic E-state index is 0.160. The van der Waals surface area contributed by atoms with Gasteiger partial charge >= 0.3 is 0 Å². The summed E-state index contributed by atoms with van der Waals surface area (Å²) in [4.78, 5) is 12.0. The molecule has 1 N–H and O–H groups in total. The number of nitrogens with zero attached hydrogens (tertiary/aromatic N) is 2. The van der Waals surface area contributed by atoms with Gasteiger partial charge in [-0.1, -0.05) is 59.0 Å². The highest BCUT2D eigenvalue weighted by Gasteiger charge is 2.10. The molecule has 0 radical (unpaired) electrons. The van der Waals surface area contributed by atoms with Crippen LogP contribution in [0.15, 0.2) is 52.9 Å². The van der Waals surface area contributed by atoms with Crippen molar-refractivity contribution in [1.29, 1.82) is 0 Å². The summed E-state index contributed by atoms with van der Waals surface area (Å²) in [5, 5.41) is 11.9. The van der Waals surface area contributed by atoms with Crippen molar-refractivity contribution in [3.63, 3.8) is 0 Å². The van der Waals surface area contributed by atoms with Gasteiger partial charge in [-0.05, 0) is 35.4 Å². The first-order valence-corrected chi connectivity index (χ1v) is 9.51. The summed E-state index contributed by atoms with van der Waals surface area (Å²) in [5.74, 6) is 0.211. The van der Waals surface area contributed by atoms with E-state index in [1.54, 1.807) is 23.9 Å². The number of amides is 1. The van der Waals surface area contributed by atoms with Crippen LogP contribution in [0.3, 0.4) is 0 Å². The van der Waals surface area contributed by atoms with Crippen molar-refractivity contribution in [3.8, 4) is 0 Å². The number of rotatable bonds is 6. The van der Waals surface area contributed by atoms with Crippen molar-refractivity contribution in [1.82, 2.24) is 10.2 Å². The summed E-state index contributed by atoms with van der Waals surface area (Å²) >= 11 is 8.72. The Labute approximate surface area is 157 Å². The number of nitrogens with one attached hydrogen (secondary N) is 1. The van der Waals surface area contributed by atoms with Gasteiger partial charge < -0.3 is 5.32 Å². The van der Waals surface area contributed by atoms with Gasteiger partial charge in [0.25, 0.3) is 0 Å². The highest BCUT2D eigenvalue weighted by atomic mass is 35.5. The van der Waals surface area contributed by atoms with Crippen LogP contribution in [0.4, 0.5) is 9.52 Å². The molecule has 3 aromatic rings. The maximum absolute atomic E-state index is 12.9. The number of aromatic nitrogens is 2. The average molecular weight is 394 g/mol. The third kappa shape index (κ3) is 5.52. The molecule has 0 aliphatic heterocycles. The largest absolute Gasteiger partial charge is 0.300 e. The lowest BCUT2D eigenvalue weighted by Crippen LogP contribution is -2.14. The predicted octanol–water partition coefficient (Wildman–Crippen LogP) is 4.80. The smallest absolute Gasteiger partial charge is 0.230 e. The number of anilines is 1. The number of benzene rings is 2. The minimum atomic E-state index is -0.323. The summed E-state index contributed by atoms with van der Waals surface area (Å²) in [6.07, 6.45) is 0.160. The van der Waals surface area contributed by atoms with Crippen molar-refractivity contribution in [2.75, 3.05) is 5.32 Å². The molecule has 1 heterocycles. The average Bonchev–Trinajstić information content (AvgIpc) is 3.04. The van der Waals surface area contributed by atoms with Gasteiger partial charge in [-0.25, -0.2) is 4.39 Å². The first kappa shape index (κ1) is 17.8. The minimum Gasteiger partial charge on any atom is -0.300 e. The zero-order chi connectivity index (χ0) is 17.6. The Kier molecular flexibility index (Phi) is 6.01. The summed E-state index contributed by atoms with van der Waals surface area (Å²) in [5.41, 5.74) is 1.87. The monoisotopic (exact) mass is 393 g/mol. The number of halogens is 2. The molecule has 0 saturated heterocycles. The lowest BCUT2D eigenvalue weighted by atomic mass is 10.1. The van der Waals surface area contributed by atoms with Crippen molar-refractivity contribution in [3.05, 3.63) is 70.5 Å². The molecular weight excluding hydrogens is 381 g/mol. The molecule has 2 aromatic carbocycles. The summed E-state index contributed by atoms with van der Waals surface area (Å²) in [6.45, 7) is 0. The molecule has 1 amide bonds. The fourth-order valence-corrected chi connectivity index (χ4v) is 3.85. The van der Waals surface area contributed by atoms with Gasteiger partial charge in [-0.2, -0.15) is 0 Å². The maximum atomic E-state index is 12.9. The van der Waals surface area contributed by atoms with Crippen LogP contribution in [0, 0.1) is 5.82 Å². The Morgan fingerprint density at radius 2 is 1.76 bits per heavy atom. The molecule has 0 atom stereocenters. The lowest BCUT2D eigenvalue weighted by Gasteiger charge is -2.01. The zero-order valence-electron chi connectivity index (χ0n) is 12.9. The van der Waals surface area contributed by atoms with Crippen molar-refractivity contribution < 1.29 is 9.18 Å². The van der Waals surface area contributed by atoms with E-state index in [1.165, 1.54) is 23.5 Å². The quantitative estimate of drug-likeness (QED) is 0.482. The number of hydrogen-bond donors (Lipinski definition) is 1. The van der Waals surface area contributed by atoms with E-state index < -0.39 is 0 Å². The third-order valence-electron chi connectivity index (χ3n) is 3.21. The molecule has 3 rings (SSSR count). The Hall–Kier alpha value is -1.96. The van der Waals surface area contributed by atoms with Crippen LogP contribution in [0.1, 0.15) is 11.1 Å². The van der Waals surface area contributed by atoms with Gasteiger partial charge in [0.05, 0.1) is 6.42 Å². The molecule has 0 aliphatic rings. The highest BCUT2D eigenvalue weighted by molar-refractivity contribution is 8.00. The van der Waals surface area contributed by atoms with E-state index >= 15 is 0 Å². The second kappa shape index (κ2) is 8.42. The van der Waals surface area contributed by atoms with E-state index in [1.807, 2.05) is 24.3 Å². The Bertz CT molecular complexity index is 853. The van der Waals surface area contributed by atoms with Crippen LogP contribution in [-0.4, -0.2) is 16.1 Å². The van der Waals surface area contributed by atoms with Crippen LogP contribution in [0.25, 0.3) is 0 Å². The van der Waals surface area contributed by atoms with E-state index in [-0.39, 0.29) is 18.1 Å². The van der Waals surface area contributed by atoms with Crippen LogP contribution >= 0.6 is 34.7 Å². The lowest BCUT2D eigenvalue weighted by molar-refractivity contribution is -0.115. The molecular formula is C17H13ClFN3OS2. The summed E-state index contributed by atoms with van der Waals surface area (Å²) in [6, 6.07) is 13.4. The van der Waals surface area contributed by atoms with Gasteiger partial charge in [0.15, 0.2) is 4.34 Å². The van der Waals surface area contributed by atoms with E-state index in [0.29, 0.717) is 10.2 Å². The van der Waals surface area contributed by atoms with Crippen molar-refractivity contribution in [2.24, 2.45) is 0 Å². The number of thioether (sulfide) groups is 1. The van der Waals surface area contributed by atoms with E-state index in [2.05, 4.69) is 15.5 Å². The zero-order valence-corrected chi connectivity index (χ0v) is 15.3. The molecule has 128 valence electrons. The van der Waals surface area contributed by atoms with Gasteiger partial charge in [-0.3, -0.25) is 4.79 Å². The number of carbonyl (C=O) groups is 1. The maximum Gasteiger partial charge on any atom is 0.230 e. The second-order valence-corrected chi connectivity index (χ2v) is 7.78. The Morgan fingerprint density at radius 1 is 1.08 bits per heavy atom. The first-order valence-electron chi connectivity index (χ1n) is 7.33. The highest BCUT2D eigenvalue weighted by Crippen LogP contribution is 2.28. The SMILES string of the molecule is O=C(Cc1ccc(F)cc1)Nc1nnc(SCc2ccc(Cl)cc2)s1. The Balaban J connectivity index is 1.51.